The topological polar surface area (TPSA) is 107 Å². The Bertz CT molecular complexity index is 1260. The highest BCUT2D eigenvalue weighted by Gasteiger charge is 2.20. The Morgan fingerprint density at radius 2 is 2.14 bits per heavy atom. The largest absolute Gasteiger partial charge is 0.453 e. The maximum Gasteiger partial charge on any atom is 0.272 e. The molecule has 35 heavy (non-hydrogen) atoms. The van der Waals surface area contributed by atoms with Gasteiger partial charge >= 0.3 is 0 Å². The number of amides is 1. The van der Waals surface area contributed by atoms with Crippen molar-refractivity contribution >= 4 is 38.7 Å². The number of carbonyl (C=O) groups is 1. The number of rotatable bonds is 10. The molecule has 3 heterocycles. The molecule has 3 aromatic rings. The van der Waals surface area contributed by atoms with Crippen molar-refractivity contribution in [3.63, 3.8) is 0 Å². The van der Waals surface area contributed by atoms with E-state index in [2.05, 4.69) is 16.4 Å². The molecule has 2 aromatic heterocycles. The van der Waals surface area contributed by atoms with Crippen LogP contribution in [0.15, 0.2) is 42.6 Å². The van der Waals surface area contributed by atoms with E-state index in [9.17, 15) is 19.3 Å². The molecule has 0 radical (unpaired) electrons. The maximum absolute atomic E-state index is 14.3. The lowest BCUT2D eigenvalue weighted by Crippen LogP contribution is -2.36. The van der Waals surface area contributed by atoms with Gasteiger partial charge in [0.2, 0.25) is 5.91 Å². The molecule has 0 unspecified atom stereocenters. The van der Waals surface area contributed by atoms with Crippen LogP contribution in [0.1, 0.15) is 17.7 Å². The molecule has 1 amide bonds. The summed E-state index contributed by atoms with van der Waals surface area (Å²) in [7, 11) is 1.64. The number of nitro groups is 1. The van der Waals surface area contributed by atoms with Gasteiger partial charge in [-0.05, 0) is 24.1 Å². The van der Waals surface area contributed by atoms with E-state index in [1.165, 1.54) is 23.5 Å². The molecule has 0 fully saturated rings. The number of hydrogen-bond donors (Lipinski definition) is 1. The second-order valence-electron chi connectivity index (χ2n) is 7.92. The number of hydrogen-bond acceptors (Lipinski definition) is 8. The zero-order valence-corrected chi connectivity index (χ0v) is 20.0. The fourth-order valence-corrected chi connectivity index (χ4v) is 4.86. The molecule has 0 saturated carbocycles. The lowest BCUT2D eigenvalue weighted by atomic mass is 10.1. The van der Waals surface area contributed by atoms with Crippen LogP contribution >= 0.6 is 11.3 Å². The van der Waals surface area contributed by atoms with E-state index in [0.29, 0.717) is 43.9 Å². The van der Waals surface area contributed by atoms with E-state index in [1.807, 2.05) is 11.0 Å². The van der Waals surface area contributed by atoms with Gasteiger partial charge in [-0.25, -0.2) is 4.39 Å². The number of halogens is 1. The third-order valence-electron chi connectivity index (χ3n) is 5.60. The van der Waals surface area contributed by atoms with Gasteiger partial charge in [-0.15, -0.1) is 11.3 Å². The lowest BCUT2D eigenvalue weighted by molar-refractivity contribution is -0.385. The van der Waals surface area contributed by atoms with Crippen LogP contribution in [0.5, 0.6) is 11.5 Å². The number of benzene rings is 1. The number of methoxy groups -OCH3 is 1. The number of fused-ring (bicyclic) bond motifs is 1. The molecule has 1 N–H and O–H groups in total. The lowest BCUT2D eigenvalue weighted by Gasteiger charge is -2.26. The monoisotopic (exact) mass is 500 g/mol. The van der Waals surface area contributed by atoms with Crippen molar-refractivity contribution in [3.8, 4) is 11.5 Å². The average Bonchev–Trinajstić information content (AvgIpc) is 3.30. The van der Waals surface area contributed by atoms with E-state index < -0.39 is 10.7 Å². The number of carbonyl (C=O) groups excluding carboxylic acids is 1. The number of non-ortho nitro benzene ring substituents is 1. The van der Waals surface area contributed by atoms with Crippen molar-refractivity contribution in [3.05, 3.63) is 63.4 Å². The van der Waals surface area contributed by atoms with Crippen molar-refractivity contribution in [2.45, 2.75) is 12.8 Å². The van der Waals surface area contributed by atoms with Gasteiger partial charge in [0.1, 0.15) is 5.75 Å². The Labute approximate surface area is 205 Å². The fourth-order valence-electron chi connectivity index (χ4n) is 3.73. The predicted octanol–water partition coefficient (Wildman–Crippen LogP) is 4.38. The second-order valence-corrected chi connectivity index (χ2v) is 8.97. The summed E-state index contributed by atoms with van der Waals surface area (Å²) in [6, 6.07) is 6.88. The summed E-state index contributed by atoms with van der Waals surface area (Å²) in [4.78, 5) is 29.9. The predicted molar refractivity (Wildman–Crippen MR) is 131 cm³/mol. The second kappa shape index (κ2) is 11.3. The summed E-state index contributed by atoms with van der Waals surface area (Å²) >= 11 is 1.48. The van der Waals surface area contributed by atoms with Gasteiger partial charge in [-0.1, -0.05) is 6.08 Å². The molecule has 1 aliphatic rings. The molecule has 0 spiro atoms. The van der Waals surface area contributed by atoms with Gasteiger partial charge in [0.15, 0.2) is 11.6 Å². The van der Waals surface area contributed by atoms with Crippen molar-refractivity contribution in [2.75, 3.05) is 39.9 Å². The van der Waals surface area contributed by atoms with Gasteiger partial charge in [0.05, 0.1) is 27.8 Å². The van der Waals surface area contributed by atoms with Crippen molar-refractivity contribution in [1.29, 1.82) is 0 Å². The van der Waals surface area contributed by atoms with Gasteiger partial charge in [0, 0.05) is 62.9 Å². The molecule has 9 nitrogen and oxygen atoms in total. The zero-order valence-electron chi connectivity index (χ0n) is 19.2. The van der Waals surface area contributed by atoms with Gasteiger partial charge in [0.25, 0.3) is 5.69 Å². The highest BCUT2D eigenvalue weighted by Crippen LogP contribution is 2.39. The number of ether oxygens (including phenoxy) is 2. The molecule has 1 aromatic carbocycles. The molecule has 4 rings (SSSR count). The van der Waals surface area contributed by atoms with Gasteiger partial charge < -0.3 is 19.7 Å². The minimum atomic E-state index is -0.811. The molecule has 184 valence electrons. The Morgan fingerprint density at radius 3 is 2.86 bits per heavy atom. The minimum absolute atomic E-state index is 0.0965. The first-order valence-corrected chi connectivity index (χ1v) is 11.9. The van der Waals surface area contributed by atoms with Crippen molar-refractivity contribution in [1.82, 2.24) is 15.2 Å². The van der Waals surface area contributed by atoms with Crippen LogP contribution in [0.4, 0.5) is 10.1 Å². The summed E-state index contributed by atoms with van der Waals surface area (Å²) in [5, 5.41) is 14.0. The SMILES string of the molecule is COCCNCCC(=O)N1CC=C(c2cc3nccc(Oc4ccc([N+](=O)[O-])cc4F)c3s2)CC1. The molecule has 11 heteroatoms. The van der Waals surface area contributed by atoms with E-state index in [-0.39, 0.29) is 17.3 Å². The molecule has 1 aliphatic heterocycles. The third kappa shape index (κ3) is 5.99. The Hall–Kier alpha value is -3.41. The van der Waals surface area contributed by atoms with Crippen molar-refractivity contribution in [2.24, 2.45) is 0 Å². The van der Waals surface area contributed by atoms with Crippen molar-refractivity contribution < 1.29 is 23.6 Å². The number of nitro benzene ring substituents is 1. The Kier molecular flexibility index (Phi) is 8.01. The molecule has 0 bridgehead atoms. The molecule has 0 saturated heterocycles. The van der Waals surface area contributed by atoms with Crippen LogP contribution in [0.2, 0.25) is 0 Å². The first kappa shape index (κ1) is 24.7. The summed E-state index contributed by atoms with van der Waals surface area (Å²) in [5.74, 6) is -0.368. The van der Waals surface area contributed by atoms with E-state index >= 15 is 0 Å². The summed E-state index contributed by atoms with van der Waals surface area (Å²) < 4.78 is 25.8. The summed E-state index contributed by atoms with van der Waals surface area (Å²) in [5.41, 5.74) is 1.50. The van der Waals surface area contributed by atoms with Crippen LogP contribution in [-0.4, -0.2) is 60.6 Å². The average molecular weight is 501 g/mol. The van der Waals surface area contributed by atoms with E-state index in [0.717, 1.165) is 34.2 Å². The number of nitrogens with one attached hydrogen (secondary N) is 1. The van der Waals surface area contributed by atoms with E-state index in [1.54, 1.807) is 19.4 Å². The molecule has 0 atom stereocenters. The van der Waals surface area contributed by atoms with Crippen LogP contribution < -0.4 is 10.1 Å². The van der Waals surface area contributed by atoms with E-state index in [4.69, 9.17) is 9.47 Å². The third-order valence-corrected chi connectivity index (χ3v) is 6.81. The van der Waals surface area contributed by atoms with Crippen LogP contribution in [0.25, 0.3) is 15.8 Å². The Balaban J connectivity index is 1.44. The highest BCUT2D eigenvalue weighted by molar-refractivity contribution is 7.20. The first-order valence-electron chi connectivity index (χ1n) is 11.1. The summed E-state index contributed by atoms with van der Waals surface area (Å²) in [6.07, 6.45) is 4.80. The quantitative estimate of drug-likeness (QED) is 0.250. The number of nitrogens with zero attached hydrogens (tertiary/aromatic N) is 3. The van der Waals surface area contributed by atoms with Crippen LogP contribution in [-0.2, 0) is 9.53 Å². The fraction of sp³-hybridized carbons (Fsp3) is 0.333. The molecular formula is C24H25FN4O5S. The standard InChI is InChI=1S/C24H25FN4O5S/c1-33-13-10-26-8-5-23(30)28-11-6-16(7-12-28)22-15-19-24(35-22)21(4-9-27-19)34-20-3-2-17(29(31)32)14-18(20)25/h2-4,6,9,14-15,26H,5,7-8,10-13H2,1H3. The maximum atomic E-state index is 14.3. The number of pyridine rings is 1. The van der Waals surface area contributed by atoms with Gasteiger partial charge in [-0.3, -0.25) is 19.9 Å². The molecule has 0 aliphatic carbocycles. The smallest absolute Gasteiger partial charge is 0.272 e. The van der Waals surface area contributed by atoms with Crippen LogP contribution in [0, 0.1) is 15.9 Å². The minimum Gasteiger partial charge on any atom is -0.453 e. The normalized spacial score (nSPS) is 13.7. The number of thiophene rings is 1. The highest BCUT2D eigenvalue weighted by atomic mass is 32.1. The number of aromatic nitrogens is 1. The Morgan fingerprint density at radius 1 is 1.29 bits per heavy atom. The summed E-state index contributed by atoms with van der Waals surface area (Å²) in [6.45, 7) is 3.14. The zero-order chi connectivity index (χ0) is 24.8. The molecular weight excluding hydrogens is 475 g/mol. The first-order chi connectivity index (χ1) is 17.0. The van der Waals surface area contributed by atoms with Crippen LogP contribution in [0.3, 0.4) is 0 Å². The van der Waals surface area contributed by atoms with Gasteiger partial charge in [-0.2, -0.15) is 0 Å².